The molecule has 0 bridgehead atoms. The number of piperazine rings is 1. The summed E-state index contributed by atoms with van der Waals surface area (Å²) in [5.74, 6) is -0.341. The molecular weight excluding hydrogens is 687 g/mol. The first-order chi connectivity index (χ1) is 25.6. The Hall–Kier alpha value is -5.52. The number of nitriles is 1. The van der Waals surface area contributed by atoms with Crippen molar-refractivity contribution in [3.63, 3.8) is 0 Å². The monoisotopic (exact) mass is 725 g/mol. The summed E-state index contributed by atoms with van der Waals surface area (Å²) >= 11 is 0. The van der Waals surface area contributed by atoms with E-state index in [4.69, 9.17) is 29.3 Å². The zero-order valence-corrected chi connectivity index (χ0v) is 29.3. The average Bonchev–Trinajstić information content (AvgIpc) is 3.57. The number of nitrogens with zero attached hydrogens (tertiary/aromatic N) is 7. The lowest BCUT2D eigenvalue weighted by atomic mass is 9.97. The number of aryl methyl sites for hydroxylation is 1. The lowest BCUT2D eigenvalue weighted by Gasteiger charge is -2.39. The second-order valence-electron chi connectivity index (χ2n) is 13.3. The number of rotatable bonds is 10. The Morgan fingerprint density at radius 1 is 0.981 bits per heavy atom. The molecule has 2 aromatic heterocycles. The van der Waals surface area contributed by atoms with E-state index in [1.807, 2.05) is 55.3 Å². The third-order valence-electron chi connectivity index (χ3n) is 9.75. The number of hydrogen-bond acceptors (Lipinski definition) is 11. The highest BCUT2D eigenvalue weighted by Gasteiger charge is 2.34. The molecule has 274 valence electrons. The average molecular weight is 726 g/mol. The predicted molar refractivity (Wildman–Crippen MR) is 193 cm³/mol. The van der Waals surface area contributed by atoms with Crippen LogP contribution in [0.1, 0.15) is 35.2 Å². The zero-order chi connectivity index (χ0) is 37.1. The number of alkyl halides is 3. The number of halogens is 3. The van der Waals surface area contributed by atoms with Crippen LogP contribution in [0, 0.1) is 18.3 Å². The Kier molecular flexibility index (Phi) is 10.3. The number of carbonyl (C=O) groups is 1. The highest BCUT2D eigenvalue weighted by Crippen LogP contribution is 2.42. The Morgan fingerprint density at radius 3 is 2.51 bits per heavy atom. The lowest BCUT2D eigenvalue weighted by Crippen LogP contribution is -2.53. The van der Waals surface area contributed by atoms with Crippen LogP contribution in [0.4, 0.5) is 19.0 Å². The van der Waals surface area contributed by atoms with E-state index >= 15 is 0 Å². The van der Waals surface area contributed by atoms with Gasteiger partial charge in [0.25, 0.3) is 0 Å². The van der Waals surface area contributed by atoms with Crippen LogP contribution >= 0.6 is 0 Å². The van der Waals surface area contributed by atoms with Crippen LogP contribution in [-0.4, -0.2) is 95.6 Å². The fourth-order valence-electron chi connectivity index (χ4n) is 7.06. The molecule has 0 amide bonds. The van der Waals surface area contributed by atoms with Gasteiger partial charge in [-0.15, -0.1) is 5.06 Å². The molecule has 7 rings (SSSR count). The van der Waals surface area contributed by atoms with Crippen molar-refractivity contribution >= 4 is 33.5 Å². The molecule has 14 heteroatoms. The van der Waals surface area contributed by atoms with Gasteiger partial charge in [0.05, 0.1) is 36.0 Å². The minimum atomic E-state index is -4.64. The highest BCUT2D eigenvalue weighted by atomic mass is 19.4. The van der Waals surface area contributed by atoms with Gasteiger partial charge in [-0.05, 0) is 61.8 Å². The Bertz CT molecular complexity index is 2160. The quantitative estimate of drug-likeness (QED) is 0.152. The van der Waals surface area contributed by atoms with Gasteiger partial charge in [-0.1, -0.05) is 54.6 Å². The van der Waals surface area contributed by atoms with Crippen molar-refractivity contribution in [1.29, 1.82) is 5.26 Å². The predicted octanol–water partition coefficient (Wildman–Crippen LogP) is 6.74. The molecule has 11 nitrogen and oxygen atoms in total. The molecule has 2 aliphatic heterocycles. The highest BCUT2D eigenvalue weighted by molar-refractivity contribution is 6.03. The van der Waals surface area contributed by atoms with Crippen molar-refractivity contribution in [2.24, 2.45) is 0 Å². The molecule has 0 radical (unpaired) electrons. The van der Waals surface area contributed by atoms with Gasteiger partial charge in [-0.3, -0.25) is 4.98 Å². The molecule has 0 aliphatic carbocycles. The molecule has 2 saturated heterocycles. The Labute approximate surface area is 304 Å². The third-order valence-corrected chi connectivity index (χ3v) is 9.75. The van der Waals surface area contributed by atoms with Gasteiger partial charge < -0.3 is 24.1 Å². The van der Waals surface area contributed by atoms with Crippen LogP contribution in [0.2, 0.25) is 0 Å². The summed E-state index contributed by atoms with van der Waals surface area (Å²) in [7, 11) is 2.01. The molecule has 0 unspecified atom stereocenters. The largest absolute Gasteiger partial charge is 0.480 e. The van der Waals surface area contributed by atoms with Gasteiger partial charge in [0.2, 0.25) is 0 Å². The van der Waals surface area contributed by atoms with E-state index in [-0.39, 0.29) is 55.1 Å². The van der Waals surface area contributed by atoms with Crippen LogP contribution in [0.25, 0.3) is 32.9 Å². The molecule has 2 aliphatic rings. The van der Waals surface area contributed by atoms with Crippen molar-refractivity contribution in [3.05, 3.63) is 84.1 Å². The number of anilines is 1. The van der Waals surface area contributed by atoms with E-state index in [1.54, 1.807) is 36.5 Å². The van der Waals surface area contributed by atoms with E-state index in [0.29, 0.717) is 28.9 Å². The maximum Gasteiger partial charge on any atom is 0.422 e. The molecule has 0 N–H and O–H groups in total. The summed E-state index contributed by atoms with van der Waals surface area (Å²) in [6.07, 6.45) is -1.13. The summed E-state index contributed by atoms with van der Waals surface area (Å²) in [4.78, 5) is 37.0. The standard InChI is InChI=1S/C39H38F3N7O4/c1-25-9-6-12-26-13-7-15-30(32(25)26)33-35(52-24-39(40,41)42)34-31(21-44-33)36(46-38(45-34)51-23-29-14-8-18-47(29)2)48-19-20-49(28(22-48)16-17-43)53-37(50)27-10-4-3-5-11-27/h3-7,9-13,15,21,28-29H,8,14,16,18-20,22-24H2,1-2H3/t28-,29-/m0/s1. The van der Waals surface area contributed by atoms with E-state index in [2.05, 4.69) is 11.0 Å². The summed E-state index contributed by atoms with van der Waals surface area (Å²) in [6.45, 7) is 2.29. The lowest BCUT2D eigenvalue weighted by molar-refractivity contribution is -0.153. The number of pyridine rings is 1. The van der Waals surface area contributed by atoms with Crippen molar-refractivity contribution in [1.82, 2.24) is 24.9 Å². The number of ether oxygens (including phenoxy) is 2. The molecule has 3 aromatic carbocycles. The molecule has 4 heterocycles. The minimum Gasteiger partial charge on any atom is -0.480 e. The number of hydrogen-bond donors (Lipinski definition) is 0. The molecular formula is C39H38F3N7O4. The minimum absolute atomic E-state index is 0.0225. The normalized spacial score (nSPS) is 18.3. The van der Waals surface area contributed by atoms with Gasteiger partial charge in [0.15, 0.2) is 12.4 Å². The van der Waals surface area contributed by atoms with Crippen LogP contribution in [0.5, 0.6) is 11.8 Å². The first-order valence-electron chi connectivity index (χ1n) is 17.5. The number of likely N-dealkylation sites (N-methyl/N-ethyl adjacent to an activating group) is 1. The van der Waals surface area contributed by atoms with E-state index < -0.39 is 24.8 Å². The molecule has 0 spiro atoms. The Balaban J connectivity index is 1.33. The first kappa shape index (κ1) is 35.9. The Morgan fingerprint density at radius 2 is 1.77 bits per heavy atom. The maximum atomic E-state index is 13.8. The number of carbonyl (C=O) groups excluding carboxylic acids is 1. The second-order valence-corrected chi connectivity index (χ2v) is 13.3. The number of benzene rings is 3. The third kappa shape index (κ3) is 7.81. The number of fused-ring (bicyclic) bond motifs is 2. The van der Waals surface area contributed by atoms with Crippen LogP contribution in [0.15, 0.2) is 72.9 Å². The molecule has 0 saturated carbocycles. The molecule has 53 heavy (non-hydrogen) atoms. The SMILES string of the molecule is Cc1cccc2cccc(-c3ncc4c(N5CCN(OC(=O)c6ccccc6)[C@@H](CC#N)C5)nc(OC[C@@H]5CCCN5C)nc4c3OCC(F)(F)F)c12. The van der Waals surface area contributed by atoms with Crippen LogP contribution < -0.4 is 14.4 Å². The van der Waals surface area contributed by atoms with Crippen molar-refractivity contribution in [2.45, 2.75) is 44.4 Å². The smallest absolute Gasteiger partial charge is 0.422 e. The van der Waals surface area contributed by atoms with Gasteiger partial charge in [0.1, 0.15) is 23.6 Å². The molecule has 5 aromatic rings. The molecule has 2 fully saturated rings. The summed E-state index contributed by atoms with van der Waals surface area (Å²) in [5, 5.41) is 13.3. The second kappa shape index (κ2) is 15.2. The summed E-state index contributed by atoms with van der Waals surface area (Å²) < 4.78 is 53.4. The number of hydroxylamine groups is 2. The van der Waals surface area contributed by atoms with Gasteiger partial charge in [-0.2, -0.15) is 28.4 Å². The van der Waals surface area contributed by atoms with Gasteiger partial charge in [-0.25, -0.2) is 4.79 Å². The summed E-state index contributed by atoms with van der Waals surface area (Å²) in [6, 6.07) is 21.7. The van der Waals surface area contributed by atoms with Crippen LogP contribution in [-0.2, 0) is 4.84 Å². The summed E-state index contributed by atoms with van der Waals surface area (Å²) in [5.41, 5.74) is 2.20. The van der Waals surface area contributed by atoms with Gasteiger partial charge >= 0.3 is 18.2 Å². The molecule has 2 atom stereocenters. The fraction of sp³-hybridized carbons (Fsp3) is 0.359. The van der Waals surface area contributed by atoms with Crippen LogP contribution in [0.3, 0.4) is 0 Å². The maximum absolute atomic E-state index is 13.8. The first-order valence-corrected chi connectivity index (χ1v) is 17.5. The van der Waals surface area contributed by atoms with E-state index in [1.165, 1.54) is 5.06 Å². The van der Waals surface area contributed by atoms with Gasteiger partial charge in [0, 0.05) is 30.9 Å². The fourth-order valence-corrected chi connectivity index (χ4v) is 7.06. The number of likely N-dealkylation sites (tertiary alicyclic amines) is 1. The van der Waals surface area contributed by atoms with Crippen molar-refractivity contribution in [3.8, 4) is 29.1 Å². The number of aromatic nitrogens is 3. The van der Waals surface area contributed by atoms with E-state index in [9.17, 15) is 23.2 Å². The zero-order valence-electron chi connectivity index (χ0n) is 29.3. The van der Waals surface area contributed by atoms with Crippen molar-refractivity contribution < 1.29 is 32.3 Å². The van der Waals surface area contributed by atoms with Crippen molar-refractivity contribution in [2.75, 3.05) is 51.3 Å². The topological polar surface area (TPSA) is 117 Å². The van der Waals surface area contributed by atoms with E-state index in [0.717, 1.165) is 35.7 Å².